The number of likely N-dealkylation sites (tertiary alicyclic amines) is 1. The van der Waals surface area contributed by atoms with Crippen LogP contribution in [0.5, 0.6) is 5.75 Å². The number of hydrogen-bond donors (Lipinski definition) is 0. The number of benzene rings is 1. The van der Waals surface area contributed by atoms with E-state index in [1.807, 2.05) is 0 Å². The summed E-state index contributed by atoms with van der Waals surface area (Å²) in [5.41, 5.74) is 4.61. The van der Waals surface area contributed by atoms with E-state index in [-0.39, 0.29) is 0 Å². The van der Waals surface area contributed by atoms with E-state index in [4.69, 9.17) is 14.9 Å². The van der Waals surface area contributed by atoms with Crippen LogP contribution >= 0.6 is 11.3 Å². The van der Waals surface area contributed by atoms with Crippen LogP contribution in [0.15, 0.2) is 23.6 Å². The third kappa shape index (κ3) is 3.19. The monoisotopic (exact) mass is 408 g/mol. The average molecular weight is 409 g/mol. The Bertz CT molecular complexity index is 1050. The first-order valence-electron chi connectivity index (χ1n) is 10.5. The molecule has 1 aromatic carbocycles. The number of fused-ring (bicyclic) bond motifs is 2. The average Bonchev–Trinajstić information content (AvgIpc) is 3.22. The van der Waals surface area contributed by atoms with Gasteiger partial charge in [-0.3, -0.25) is 0 Å². The molecule has 2 aliphatic heterocycles. The topological polar surface area (TPSA) is 41.5 Å². The van der Waals surface area contributed by atoms with Crippen molar-refractivity contribution in [1.82, 2.24) is 15.1 Å². The standard InChI is InChI=1S/C23H28N4OS/c1-15-17-7-5-12-27(16-6-4-11-26(2)14-16)23(17)25-24-21(15)19-8-9-20-18(10-13-29-20)22(19)28-3/h8-10,13,16H,4-7,11-12,14H2,1-3H3/t16-/m1/s1. The molecule has 2 aliphatic rings. The number of methoxy groups -OCH3 is 1. The summed E-state index contributed by atoms with van der Waals surface area (Å²) >= 11 is 1.74. The second-order valence-electron chi connectivity index (χ2n) is 8.31. The summed E-state index contributed by atoms with van der Waals surface area (Å²) in [6.45, 7) is 5.61. The predicted octanol–water partition coefficient (Wildman–Crippen LogP) is 4.52. The van der Waals surface area contributed by atoms with Gasteiger partial charge in [-0.2, -0.15) is 0 Å². The third-order valence-corrected chi connectivity index (χ3v) is 7.39. The van der Waals surface area contributed by atoms with Gasteiger partial charge in [-0.25, -0.2) is 0 Å². The molecular weight excluding hydrogens is 380 g/mol. The molecule has 0 aliphatic carbocycles. The van der Waals surface area contributed by atoms with Crippen molar-refractivity contribution < 1.29 is 4.74 Å². The summed E-state index contributed by atoms with van der Waals surface area (Å²) in [6.07, 6.45) is 4.76. The second kappa shape index (κ2) is 7.58. The fourth-order valence-electron chi connectivity index (χ4n) is 5.03. The number of aromatic nitrogens is 2. The minimum Gasteiger partial charge on any atom is -0.495 e. The lowest BCUT2D eigenvalue weighted by Crippen LogP contribution is -2.49. The van der Waals surface area contributed by atoms with Gasteiger partial charge in [0.15, 0.2) is 5.82 Å². The molecule has 4 heterocycles. The maximum Gasteiger partial charge on any atom is 0.155 e. The molecule has 2 aromatic heterocycles. The summed E-state index contributed by atoms with van der Waals surface area (Å²) in [6, 6.07) is 6.98. The summed E-state index contributed by atoms with van der Waals surface area (Å²) in [4.78, 5) is 4.97. The highest BCUT2D eigenvalue weighted by molar-refractivity contribution is 7.17. The molecular formula is C23H28N4OS. The summed E-state index contributed by atoms with van der Waals surface area (Å²) in [5.74, 6) is 2.01. The van der Waals surface area contributed by atoms with Gasteiger partial charge in [0.2, 0.25) is 0 Å². The molecule has 1 saturated heterocycles. The van der Waals surface area contributed by atoms with Gasteiger partial charge in [-0.05, 0) is 75.3 Å². The van der Waals surface area contributed by atoms with E-state index >= 15 is 0 Å². The Hall–Kier alpha value is -2.18. The maximum atomic E-state index is 5.82. The number of anilines is 1. The lowest BCUT2D eigenvalue weighted by Gasteiger charge is -2.41. The van der Waals surface area contributed by atoms with Crippen LogP contribution < -0.4 is 9.64 Å². The lowest BCUT2D eigenvalue weighted by molar-refractivity contribution is 0.242. The molecule has 5 rings (SSSR count). The minimum atomic E-state index is 0.545. The Balaban J connectivity index is 1.58. The molecule has 0 bridgehead atoms. The second-order valence-corrected chi connectivity index (χ2v) is 9.26. The molecule has 0 unspecified atom stereocenters. The molecule has 5 nitrogen and oxygen atoms in total. The van der Waals surface area contributed by atoms with Crippen LogP contribution in [0.1, 0.15) is 30.4 Å². The molecule has 6 heteroatoms. The van der Waals surface area contributed by atoms with Gasteiger partial charge in [-0.1, -0.05) is 0 Å². The minimum absolute atomic E-state index is 0.545. The number of rotatable bonds is 3. The SMILES string of the molecule is COc1c(-c2nnc3c(c2C)CCCN3[C@@H]2CCCN(C)C2)ccc2sccc12. The molecule has 0 radical (unpaired) electrons. The van der Waals surface area contributed by atoms with Crippen LogP contribution in [-0.2, 0) is 6.42 Å². The quantitative estimate of drug-likeness (QED) is 0.637. The van der Waals surface area contributed by atoms with Gasteiger partial charge in [0.25, 0.3) is 0 Å². The van der Waals surface area contributed by atoms with E-state index in [1.165, 1.54) is 41.6 Å². The normalized spacial score (nSPS) is 20.1. The number of nitrogens with zero attached hydrogens (tertiary/aromatic N) is 4. The summed E-state index contributed by atoms with van der Waals surface area (Å²) in [7, 11) is 3.97. The van der Waals surface area contributed by atoms with Gasteiger partial charge in [-0.15, -0.1) is 21.5 Å². The lowest BCUT2D eigenvalue weighted by atomic mass is 9.94. The van der Waals surface area contributed by atoms with Crippen LogP contribution in [0.2, 0.25) is 0 Å². The Morgan fingerprint density at radius 1 is 1.14 bits per heavy atom. The highest BCUT2D eigenvalue weighted by Gasteiger charge is 2.30. The zero-order chi connectivity index (χ0) is 20.0. The number of piperidine rings is 1. The summed E-state index contributed by atoms with van der Waals surface area (Å²) in [5, 5.41) is 12.8. The highest BCUT2D eigenvalue weighted by atomic mass is 32.1. The first-order chi connectivity index (χ1) is 14.2. The fourth-order valence-corrected chi connectivity index (χ4v) is 5.82. The van der Waals surface area contributed by atoms with Crippen LogP contribution in [0.25, 0.3) is 21.3 Å². The fraction of sp³-hybridized carbons (Fsp3) is 0.478. The van der Waals surface area contributed by atoms with Crippen LogP contribution in [0.4, 0.5) is 5.82 Å². The molecule has 152 valence electrons. The van der Waals surface area contributed by atoms with E-state index in [0.717, 1.165) is 47.7 Å². The molecule has 0 N–H and O–H groups in total. The first kappa shape index (κ1) is 18.8. The molecule has 1 atom stereocenters. The number of likely N-dealkylation sites (N-methyl/N-ethyl adjacent to an activating group) is 1. The maximum absolute atomic E-state index is 5.82. The number of hydrogen-bond acceptors (Lipinski definition) is 6. The smallest absolute Gasteiger partial charge is 0.155 e. The Morgan fingerprint density at radius 2 is 2.03 bits per heavy atom. The zero-order valence-corrected chi connectivity index (χ0v) is 18.3. The van der Waals surface area contributed by atoms with Crippen molar-refractivity contribution in [3.8, 4) is 17.0 Å². The van der Waals surface area contributed by atoms with Gasteiger partial charge >= 0.3 is 0 Å². The molecule has 0 saturated carbocycles. The van der Waals surface area contributed by atoms with E-state index in [1.54, 1.807) is 18.4 Å². The highest BCUT2D eigenvalue weighted by Crippen LogP contribution is 2.41. The Morgan fingerprint density at radius 3 is 2.86 bits per heavy atom. The van der Waals surface area contributed by atoms with Crippen molar-refractivity contribution >= 4 is 27.2 Å². The van der Waals surface area contributed by atoms with Gasteiger partial charge in [0, 0.05) is 40.3 Å². The van der Waals surface area contributed by atoms with E-state index < -0.39 is 0 Å². The van der Waals surface area contributed by atoms with Gasteiger partial charge in [0.1, 0.15) is 11.4 Å². The Kier molecular flexibility index (Phi) is 4.92. The van der Waals surface area contributed by atoms with Gasteiger partial charge in [0.05, 0.1) is 7.11 Å². The molecule has 29 heavy (non-hydrogen) atoms. The first-order valence-corrected chi connectivity index (χ1v) is 11.4. The van der Waals surface area contributed by atoms with E-state index in [0.29, 0.717) is 6.04 Å². The number of ether oxygens (including phenoxy) is 1. The van der Waals surface area contributed by atoms with Crippen LogP contribution in [-0.4, -0.2) is 54.9 Å². The van der Waals surface area contributed by atoms with Crippen molar-refractivity contribution in [3.63, 3.8) is 0 Å². The summed E-state index contributed by atoms with van der Waals surface area (Å²) < 4.78 is 7.06. The van der Waals surface area contributed by atoms with Crippen molar-refractivity contribution in [1.29, 1.82) is 0 Å². The molecule has 3 aromatic rings. The van der Waals surface area contributed by atoms with Gasteiger partial charge < -0.3 is 14.5 Å². The van der Waals surface area contributed by atoms with Crippen molar-refractivity contribution in [2.24, 2.45) is 0 Å². The largest absolute Gasteiger partial charge is 0.495 e. The van der Waals surface area contributed by atoms with Crippen LogP contribution in [0.3, 0.4) is 0 Å². The van der Waals surface area contributed by atoms with E-state index in [2.05, 4.69) is 47.4 Å². The molecule has 1 fully saturated rings. The predicted molar refractivity (Wildman–Crippen MR) is 120 cm³/mol. The molecule has 0 amide bonds. The van der Waals surface area contributed by atoms with Crippen molar-refractivity contribution in [2.45, 2.75) is 38.6 Å². The Labute approximate surface area is 176 Å². The third-order valence-electron chi connectivity index (χ3n) is 6.51. The zero-order valence-electron chi connectivity index (χ0n) is 17.4. The number of thiophene rings is 1. The van der Waals surface area contributed by atoms with Crippen molar-refractivity contribution in [3.05, 3.63) is 34.7 Å². The van der Waals surface area contributed by atoms with Crippen LogP contribution in [0, 0.1) is 6.92 Å². The molecule has 0 spiro atoms. The van der Waals surface area contributed by atoms with Crippen molar-refractivity contribution in [2.75, 3.05) is 38.7 Å². The van der Waals surface area contributed by atoms with E-state index in [9.17, 15) is 0 Å².